The molecule has 0 radical (unpaired) electrons. The molecular formula is C22H33FN2O5S2. The van der Waals surface area contributed by atoms with Gasteiger partial charge >= 0.3 is 5.97 Å². The van der Waals surface area contributed by atoms with Gasteiger partial charge in [-0.2, -0.15) is 8.70 Å². The first-order valence-corrected chi connectivity index (χ1v) is 13.1. The van der Waals surface area contributed by atoms with E-state index in [9.17, 15) is 17.6 Å². The maximum absolute atomic E-state index is 13.9. The van der Waals surface area contributed by atoms with Crippen molar-refractivity contribution in [2.75, 3.05) is 17.7 Å². The summed E-state index contributed by atoms with van der Waals surface area (Å²) in [5.74, 6) is -3.09. The van der Waals surface area contributed by atoms with E-state index >= 15 is 0 Å². The van der Waals surface area contributed by atoms with Crippen LogP contribution in [0.5, 0.6) is 5.75 Å². The van der Waals surface area contributed by atoms with Gasteiger partial charge in [0, 0.05) is 30.2 Å². The summed E-state index contributed by atoms with van der Waals surface area (Å²) in [6, 6.07) is 2.55. The number of carboxylic acid groups (broad SMARTS) is 1. The molecule has 1 aliphatic heterocycles. The molecule has 1 aromatic carbocycles. The monoisotopic (exact) mass is 488 g/mol. The first-order valence-electron chi connectivity index (χ1n) is 10.4. The standard InChI is InChI=1S/C22H33FN2O5S2/c1-13(2)17-11-24(22(5,6)7)16-9-19(31-8)18(30-12-15(23)21(26)27)10-20(16)32(28,29)25(17)14(3)4/h9-10,12-14,17H,11H2,1-8H3,(H,26,27)/b15-12-/t17-/m0/s1. The van der Waals surface area contributed by atoms with Crippen LogP contribution < -0.4 is 9.64 Å². The molecule has 180 valence electrons. The topological polar surface area (TPSA) is 87.1 Å². The van der Waals surface area contributed by atoms with Gasteiger partial charge in [0.1, 0.15) is 16.9 Å². The van der Waals surface area contributed by atoms with Crippen molar-refractivity contribution in [3.8, 4) is 5.75 Å². The minimum absolute atomic E-state index is 0.0567. The maximum Gasteiger partial charge on any atom is 0.368 e. The molecule has 0 aliphatic carbocycles. The molecule has 2 rings (SSSR count). The summed E-state index contributed by atoms with van der Waals surface area (Å²) in [6.45, 7) is 14.3. The smallest absolute Gasteiger partial charge is 0.368 e. The van der Waals surface area contributed by atoms with Gasteiger partial charge in [-0.1, -0.05) is 13.8 Å². The Morgan fingerprint density at radius 2 is 1.88 bits per heavy atom. The van der Waals surface area contributed by atoms with E-state index in [0.29, 0.717) is 23.4 Å². The first kappa shape index (κ1) is 26.5. The molecular weight excluding hydrogens is 455 g/mol. The minimum atomic E-state index is -3.94. The highest BCUT2D eigenvalue weighted by Gasteiger charge is 2.44. The van der Waals surface area contributed by atoms with Crippen molar-refractivity contribution in [2.24, 2.45) is 5.92 Å². The largest absolute Gasteiger partial charge is 0.476 e. The number of ether oxygens (including phenoxy) is 1. The number of anilines is 1. The number of nitrogens with zero attached hydrogens (tertiary/aromatic N) is 2. The number of thioether (sulfide) groups is 1. The number of carbonyl (C=O) groups is 1. The Morgan fingerprint density at radius 1 is 1.28 bits per heavy atom. The van der Waals surface area contributed by atoms with Gasteiger partial charge < -0.3 is 14.7 Å². The number of halogens is 1. The second kappa shape index (κ2) is 9.61. The Labute approximate surface area is 194 Å². The van der Waals surface area contributed by atoms with E-state index < -0.39 is 21.8 Å². The second-order valence-electron chi connectivity index (χ2n) is 9.38. The number of aliphatic carboxylic acids is 1. The van der Waals surface area contributed by atoms with Crippen molar-refractivity contribution in [3.05, 3.63) is 24.2 Å². The summed E-state index contributed by atoms with van der Waals surface area (Å²) in [5.41, 5.74) is 0.170. The van der Waals surface area contributed by atoms with Gasteiger partial charge in [0.2, 0.25) is 15.9 Å². The summed E-state index contributed by atoms with van der Waals surface area (Å²) in [6.07, 6.45) is 2.27. The van der Waals surface area contributed by atoms with E-state index in [0.717, 1.165) is 0 Å². The molecule has 10 heteroatoms. The van der Waals surface area contributed by atoms with Gasteiger partial charge in [-0.3, -0.25) is 0 Å². The Morgan fingerprint density at radius 3 is 2.31 bits per heavy atom. The van der Waals surface area contributed by atoms with Gasteiger partial charge in [-0.25, -0.2) is 13.2 Å². The minimum Gasteiger partial charge on any atom is -0.476 e. The van der Waals surface area contributed by atoms with E-state index in [1.165, 1.54) is 17.8 Å². The van der Waals surface area contributed by atoms with Crippen LogP contribution in [0.4, 0.5) is 10.1 Å². The van der Waals surface area contributed by atoms with Crippen LogP contribution in [0.1, 0.15) is 48.5 Å². The quantitative estimate of drug-likeness (QED) is 0.352. The van der Waals surface area contributed by atoms with Crippen LogP contribution in [0.25, 0.3) is 0 Å². The van der Waals surface area contributed by atoms with Crippen LogP contribution in [0.2, 0.25) is 0 Å². The molecule has 0 fully saturated rings. The lowest BCUT2D eigenvalue weighted by Gasteiger charge is -2.41. The van der Waals surface area contributed by atoms with Gasteiger partial charge in [-0.15, -0.1) is 11.8 Å². The Bertz CT molecular complexity index is 1000. The van der Waals surface area contributed by atoms with Gasteiger partial charge in [-0.05, 0) is 52.9 Å². The lowest BCUT2D eigenvalue weighted by molar-refractivity contribution is -0.134. The molecule has 1 N–H and O–H groups in total. The molecule has 1 aliphatic rings. The fourth-order valence-corrected chi connectivity index (χ4v) is 6.50. The summed E-state index contributed by atoms with van der Waals surface area (Å²) in [7, 11) is -3.94. The van der Waals surface area contributed by atoms with E-state index in [-0.39, 0.29) is 34.2 Å². The van der Waals surface area contributed by atoms with Crippen molar-refractivity contribution in [3.63, 3.8) is 0 Å². The van der Waals surface area contributed by atoms with Crippen molar-refractivity contribution in [2.45, 2.75) is 75.9 Å². The molecule has 0 unspecified atom stereocenters. The third-order valence-electron chi connectivity index (χ3n) is 5.37. The Balaban J connectivity index is 2.85. The lowest BCUT2D eigenvalue weighted by atomic mass is 9.98. The number of benzene rings is 1. The van der Waals surface area contributed by atoms with Crippen LogP contribution >= 0.6 is 11.8 Å². The molecule has 7 nitrogen and oxygen atoms in total. The van der Waals surface area contributed by atoms with Crippen molar-refractivity contribution in [1.29, 1.82) is 0 Å². The normalized spacial score (nSPS) is 19.8. The molecule has 1 heterocycles. The van der Waals surface area contributed by atoms with E-state index in [2.05, 4.69) is 4.90 Å². The van der Waals surface area contributed by atoms with E-state index in [1.54, 1.807) is 16.6 Å². The highest BCUT2D eigenvalue weighted by Crippen LogP contribution is 2.44. The molecule has 0 saturated carbocycles. The van der Waals surface area contributed by atoms with Crippen LogP contribution in [0.3, 0.4) is 0 Å². The molecule has 1 aromatic rings. The molecule has 0 spiro atoms. The number of carboxylic acids is 1. The van der Waals surface area contributed by atoms with Crippen LogP contribution in [-0.4, -0.2) is 54.2 Å². The number of hydrogen-bond acceptors (Lipinski definition) is 6. The summed E-state index contributed by atoms with van der Waals surface area (Å²) in [4.78, 5) is 13.5. The predicted molar refractivity (Wildman–Crippen MR) is 126 cm³/mol. The Hall–Kier alpha value is -1.78. The van der Waals surface area contributed by atoms with Gasteiger partial charge in [0.05, 0.1) is 10.6 Å². The van der Waals surface area contributed by atoms with Crippen molar-refractivity contribution in [1.82, 2.24) is 4.31 Å². The number of fused-ring (bicyclic) bond motifs is 1. The summed E-state index contributed by atoms with van der Waals surface area (Å²) in [5, 5.41) is 8.76. The zero-order chi connectivity index (χ0) is 24.6. The molecule has 0 saturated heterocycles. The number of hydrogen-bond donors (Lipinski definition) is 1. The van der Waals surface area contributed by atoms with Crippen LogP contribution in [0.15, 0.2) is 34.0 Å². The van der Waals surface area contributed by atoms with Crippen molar-refractivity contribution < 1.29 is 27.4 Å². The highest BCUT2D eigenvalue weighted by atomic mass is 32.2. The average Bonchev–Trinajstić information content (AvgIpc) is 2.76. The highest BCUT2D eigenvalue weighted by molar-refractivity contribution is 7.98. The fraction of sp³-hybridized carbons (Fsp3) is 0.591. The third-order valence-corrected chi connectivity index (χ3v) is 8.26. The third kappa shape index (κ3) is 5.23. The van der Waals surface area contributed by atoms with Crippen LogP contribution in [0, 0.1) is 5.92 Å². The van der Waals surface area contributed by atoms with E-state index in [4.69, 9.17) is 9.84 Å². The average molecular weight is 489 g/mol. The first-order chi connectivity index (χ1) is 14.6. The number of rotatable bonds is 6. The zero-order valence-electron chi connectivity index (χ0n) is 19.8. The molecule has 32 heavy (non-hydrogen) atoms. The fourth-order valence-electron chi connectivity index (χ4n) is 3.82. The predicted octanol–water partition coefficient (Wildman–Crippen LogP) is 4.73. The van der Waals surface area contributed by atoms with Gasteiger partial charge in [0.25, 0.3) is 0 Å². The SMILES string of the molecule is CSc1cc2c(cc1O/C=C(\F)C(=O)O)S(=O)(=O)N(C(C)C)[C@H](C(C)C)CN2C(C)(C)C. The van der Waals surface area contributed by atoms with Crippen molar-refractivity contribution >= 4 is 33.4 Å². The molecule has 0 bridgehead atoms. The van der Waals surface area contributed by atoms with E-state index in [1.807, 2.05) is 48.5 Å². The lowest BCUT2D eigenvalue weighted by Crippen LogP contribution is -2.53. The maximum atomic E-state index is 13.9. The van der Waals surface area contributed by atoms with Crippen LogP contribution in [-0.2, 0) is 14.8 Å². The van der Waals surface area contributed by atoms with Gasteiger partial charge in [0.15, 0.2) is 0 Å². The number of sulfonamides is 1. The Kier molecular flexibility index (Phi) is 7.95. The summed E-state index contributed by atoms with van der Waals surface area (Å²) < 4.78 is 48.2. The molecule has 0 aromatic heterocycles. The second-order valence-corrected chi connectivity index (χ2v) is 12.0. The zero-order valence-corrected chi connectivity index (χ0v) is 21.5. The molecule has 0 amide bonds. The summed E-state index contributed by atoms with van der Waals surface area (Å²) >= 11 is 1.30. The molecule has 1 atom stereocenters.